The monoisotopic (exact) mass is 459 g/mol. The Hall–Kier alpha value is -1.10. The molecule has 0 radical (unpaired) electrons. The second kappa shape index (κ2) is 9.90. The summed E-state index contributed by atoms with van der Waals surface area (Å²) in [5, 5.41) is 2.78. The largest absolute Gasteiger partial charge is 0.467 e. The van der Waals surface area contributed by atoms with Gasteiger partial charge in [-0.2, -0.15) is 4.31 Å². The van der Waals surface area contributed by atoms with E-state index in [0.717, 1.165) is 4.31 Å². The molecule has 1 amide bonds. The maximum Gasteiger partial charge on any atom is 0.329 e. The number of nitrogens with one attached hydrogen (secondary N) is 1. The molecule has 27 heavy (non-hydrogen) atoms. The van der Waals surface area contributed by atoms with Gasteiger partial charge in [-0.05, 0) is 31.0 Å². The van der Waals surface area contributed by atoms with Crippen LogP contribution in [0.3, 0.4) is 0 Å². The maximum atomic E-state index is 12.9. The number of hydrogen-bond acceptors (Lipinski definition) is 6. The quantitative estimate of drug-likeness (QED) is 0.615. The van der Waals surface area contributed by atoms with Crippen molar-refractivity contribution < 1.29 is 22.7 Å². The Morgan fingerprint density at radius 2 is 1.93 bits per heavy atom. The van der Waals surface area contributed by atoms with Crippen molar-refractivity contribution in [3.05, 3.63) is 28.2 Å². The van der Waals surface area contributed by atoms with Gasteiger partial charge in [0.25, 0.3) is 0 Å². The summed E-state index contributed by atoms with van der Waals surface area (Å²) in [6.45, 7) is -0.00213. The van der Waals surface area contributed by atoms with E-state index in [9.17, 15) is 18.0 Å². The van der Waals surface area contributed by atoms with Crippen molar-refractivity contribution in [1.29, 1.82) is 0 Å². The SMILES string of the molecule is COC(=O)[C@H](CN)NC(=O)[C@@H]1CCCN1S(=O)(=O)c1cc(Cl)cc(Cl)c1.Cl. The fourth-order valence-electron chi connectivity index (χ4n) is 2.73. The van der Waals surface area contributed by atoms with Crippen molar-refractivity contribution >= 4 is 57.5 Å². The zero-order valence-electron chi connectivity index (χ0n) is 14.4. The van der Waals surface area contributed by atoms with E-state index in [4.69, 9.17) is 28.9 Å². The van der Waals surface area contributed by atoms with Gasteiger partial charge in [-0.15, -0.1) is 12.4 Å². The first-order chi connectivity index (χ1) is 12.2. The molecular formula is C15H20Cl3N3O5S. The number of nitrogens with zero attached hydrogens (tertiary/aromatic N) is 1. The van der Waals surface area contributed by atoms with E-state index in [1.807, 2.05) is 0 Å². The predicted octanol–water partition coefficient (Wildman–Crippen LogP) is 1.18. The number of hydrogen-bond donors (Lipinski definition) is 2. The van der Waals surface area contributed by atoms with Crippen LogP contribution >= 0.6 is 35.6 Å². The number of sulfonamides is 1. The molecule has 8 nitrogen and oxygen atoms in total. The van der Waals surface area contributed by atoms with Crippen LogP contribution in [0.1, 0.15) is 12.8 Å². The molecule has 1 fully saturated rings. The van der Waals surface area contributed by atoms with Crippen molar-refractivity contribution in [2.45, 2.75) is 29.8 Å². The number of benzene rings is 1. The Labute approximate surface area is 173 Å². The van der Waals surface area contributed by atoms with Crippen LogP contribution in [0.25, 0.3) is 0 Å². The molecule has 3 N–H and O–H groups in total. The van der Waals surface area contributed by atoms with Gasteiger partial charge in [0.1, 0.15) is 12.1 Å². The topological polar surface area (TPSA) is 119 Å². The van der Waals surface area contributed by atoms with Crippen LogP contribution in [-0.4, -0.2) is 56.9 Å². The van der Waals surface area contributed by atoms with Gasteiger partial charge in [-0.3, -0.25) is 4.79 Å². The van der Waals surface area contributed by atoms with Crippen LogP contribution in [-0.2, 0) is 24.3 Å². The minimum Gasteiger partial charge on any atom is -0.467 e. The first kappa shape index (κ1) is 23.9. The molecule has 1 saturated heterocycles. The van der Waals surface area contributed by atoms with Crippen LogP contribution < -0.4 is 11.1 Å². The van der Waals surface area contributed by atoms with Gasteiger partial charge in [0.15, 0.2) is 0 Å². The van der Waals surface area contributed by atoms with Crippen LogP contribution in [0.2, 0.25) is 10.0 Å². The number of ether oxygens (including phenoxy) is 1. The van der Waals surface area contributed by atoms with E-state index < -0.39 is 34.0 Å². The third-order valence-electron chi connectivity index (χ3n) is 3.99. The summed E-state index contributed by atoms with van der Waals surface area (Å²) in [7, 11) is -2.82. The second-order valence-corrected chi connectivity index (χ2v) is 8.46. The smallest absolute Gasteiger partial charge is 0.329 e. The Morgan fingerprint density at radius 1 is 1.33 bits per heavy atom. The molecule has 1 heterocycles. The molecule has 0 aliphatic carbocycles. The lowest BCUT2D eigenvalue weighted by Gasteiger charge is -2.25. The van der Waals surface area contributed by atoms with Gasteiger partial charge in [-0.25, -0.2) is 13.2 Å². The average molecular weight is 461 g/mol. The highest BCUT2D eigenvalue weighted by atomic mass is 35.5. The number of halogens is 3. The molecule has 152 valence electrons. The van der Waals surface area contributed by atoms with Gasteiger partial charge in [0.2, 0.25) is 15.9 Å². The molecule has 1 aliphatic heterocycles. The number of amides is 1. The van der Waals surface area contributed by atoms with Crippen LogP contribution in [0.15, 0.2) is 23.1 Å². The standard InChI is InChI=1S/C15H19Cl2N3O5S.ClH/c1-25-15(22)12(8-18)19-14(21)13-3-2-4-20(13)26(23,24)11-6-9(16)5-10(17)7-11;/h5-7,12-13H,2-4,8,18H2,1H3,(H,19,21);1H/t12-,13-;/m0./s1. The summed E-state index contributed by atoms with van der Waals surface area (Å²) in [5.41, 5.74) is 5.46. The maximum absolute atomic E-state index is 12.9. The second-order valence-electron chi connectivity index (χ2n) is 5.70. The van der Waals surface area contributed by atoms with Crippen molar-refractivity contribution in [2.75, 3.05) is 20.2 Å². The van der Waals surface area contributed by atoms with Crippen LogP contribution in [0.5, 0.6) is 0 Å². The van der Waals surface area contributed by atoms with Crippen molar-refractivity contribution in [3.8, 4) is 0 Å². The van der Waals surface area contributed by atoms with Gasteiger partial charge in [-0.1, -0.05) is 23.2 Å². The Balaban J connectivity index is 0.00000364. The minimum absolute atomic E-state index is 0. The van der Waals surface area contributed by atoms with E-state index in [1.54, 1.807) is 0 Å². The Kier molecular flexibility index (Phi) is 8.78. The molecule has 1 aliphatic rings. The van der Waals surface area contributed by atoms with Crippen molar-refractivity contribution in [1.82, 2.24) is 9.62 Å². The molecule has 0 bridgehead atoms. The summed E-state index contributed by atoms with van der Waals surface area (Å²) in [4.78, 5) is 24.0. The molecular weight excluding hydrogens is 441 g/mol. The van der Waals surface area contributed by atoms with Crippen molar-refractivity contribution in [3.63, 3.8) is 0 Å². The summed E-state index contributed by atoms with van der Waals surface area (Å²) in [6.07, 6.45) is 0.814. The third kappa shape index (κ3) is 5.46. The summed E-state index contributed by atoms with van der Waals surface area (Å²) in [5.74, 6) is -1.31. The number of carbonyl (C=O) groups excluding carboxylic acids is 2. The van der Waals surface area contributed by atoms with Crippen LogP contribution in [0.4, 0.5) is 0 Å². The van der Waals surface area contributed by atoms with E-state index in [0.29, 0.717) is 12.8 Å². The number of carbonyl (C=O) groups is 2. The number of methoxy groups -OCH3 is 1. The van der Waals surface area contributed by atoms with E-state index in [-0.39, 0.29) is 40.4 Å². The first-order valence-corrected chi connectivity index (χ1v) is 9.96. The van der Waals surface area contributed by atoms with Crippen LogP contribution in [0, 0.1) is 0 Å². The zero-order chi connectivity index (χ0) is 19.5. The van der Waals surface area contributed by atoms with E-state index in [1.165, 1.54) is 25.3 Å². The molecule has 1 aromatic rings. The molecule has 0 spiro atoms. The first-order valence-electron chi connectivity index (χ1n) is 7.77. The molecule has 2 atom stereocenters. The summed E-state index contributed by atoms with van der Waals surface area (Å²) < 4.78 is 31.5. The highest BCUT2D eigenvalue weighted by Crippen LogP contribution is 2.29. The van der Waals surface area contributed by atoms with E-state index >= 15 is 0 Å². The summed E-state index contributed by atoms with van der Waals surface area (Å²) in [6, 6.07) is 1.95. The lowest BCUT2D eigenvalue weighted by atomic mass is 10.2. The molecule has 2 rings (SSSR count). The Morgan fingerprint density at radius 3 is 2.44 bits per heavy atom. The molecule has 12 heteroatoms. The normalized spacial score (nSPS) is 18.4. The molecule has 1 aromatic carbocycles. The lowest BCUT2D eigenvalue weighted by molar-refractivity contribution is -0.145. The van der Waals surface area contributed by atoms with E-state index in [2.05, 4.69) is 10.1 Å². The van der Waals surface area contributed by atoms with Gasteiger partial charge < -0.3 is 15.8 Å². The average Bonchev–Trinajstić information content (AvgIpc) is 3.08. The fraction of sp³-hybridized carbons (Fsp3) is 0.467. The minimum atomic E-state index is -3.99. The highest BCUT2D eigenvalue weighted by Gasteiger charge is 2.40. The number of rotatable bonds is 6. The third-order valence-corrected chi connectivity index (χ3v) is 6.31. The van der Waals surface area contributed by atoms with Gasteiger partial charge in [0, 0.05) is 23.1 Å². The predicted molar refractivity (Wildman–Crippen MR) is 104 cm³/mol. The van der Waals surface area contributed by atoms with Gasteiger partial charge in [0.05, 0.1) is 12.0 Å². The van der Waals surface area contributed by atoms with Gasteiger partial charge >= 0.3 is 5.97 Å². The Bertz CT molecular complexity index is 786. The zero-order valence-corrected chi connectivity index (χ0v) is 17.5. The number of nitrogens with two attached hydrogens (primary N) is 1. The number of esters is 1. The molecule has 0 aromatic heterocycles. The molecule has 0 unspecified atom stereocenters. The lowest BCUT2D eigenvalue weighted by Crippen LogP contribution is -2.53. The summed E-state index contributed by atoms with van der Waals surface area (Å²) >= 11 is 11.8. The fourth-order valence-corrected chi connectivity index (χ4v) is 5.11. The highest BCUT2D eigenvalue weighted by molar-refractivity contribution is 7.89. The van der Waals surface area contributed by atoms with Crippen molar-refractivity contribution in [2.24, 2.45) is 5.73 Å². The molecule has 0 saturated carbocycles.